The van der Waals surface area contributed by atoms with Gasteiger partial charge in [-0.15, -0.1) is 0 Å². The van der Waals surface area contributed by atoms with Gasteiger partial charge in [0.15, 0.2) is 0 Å². The van der Waals surface area contributed by atoms with Crippen molar-refractivity contribution < 1.29 is 14.7 Å². The first-order valence-electron chi connectivity index (χ1n) is 9.04. The summed E-state index contributed by atoms with van der Waals surface area (Å²) < 4.78 is 0. The van der Waals surface area contributed by atoms with E-state index in [0.717, 1.165) is 18.5 Å². The standard InChI is InChI=1S/C22H24N2O3/c1-23(2)14-9-15-24-19(16-10-5-3-6-11-16)18(21(26)22(24)27)20(25)17-12-7-4-8-13-17/h3-8,10-13,19,25H,9,14-15H2,1-2H3/b20-18+/t19-/m1/s1. The van der Waals surface area contributed by atoms with Gasteiger partial charge in [0.2, 0.25) is 0 Å². The molecule has 5 heteroatoms. The molecule has 1 amide bonds. The molecule has 2 aromatic carbocycles. The number of carbonyl (C=O) groups is 2. The molecule has 3 rings (SSSR count). The van der Waals surface area contributed by atoms with Crippen LogP contribution in [-0.4, -0.2) is 53.8 Å². The van der Waals surface area contributed by atoms with Crippen LogP contribution in [0.4, 0.5) is 0 Å². The van der Waals surface area contributed by atoms with Gasteiger partial charge in [-0.2, -0.15) is 0 Å². The zero-order valence-corrected chi connectivity index (χ0v) is 15.6. The minimum Gasteiger partial charge on any atom is -0.507 e. The van der Waals surface area contributed by atoms with E-state index in [9.17, 15) is 14.7 Å². The number of amides is 1. The number of aliphatic hydroxyl groups is 1. The van der Waals surface area contributed by atoms with Gasteiger partial charge in [0, 0.05) is 12.1 Å². The highest BCUT2D eigenvalue weighted by Gasteiger charge is 2.45. The fourth-order valence-electron chi connectivity index (χ4n) is 3.40. The second-order valence-electron chi connectivity index (χ2n) is 6.93. The van der Waals surface area contributed by atoms with E-state index in [1.807, 2.05) is 55.4 Å². The first-order chi connectivity index (χ1) is 13.0. The van der Waals surface area contributed by atoms with Gasteiger partial charge >= 0.3 is 0 Å². The normalized spacial score (nSPS) is 19.1. The summed E-state index contributed by atoms with van der Waals surface area (Å²) >= 11 is 0. The third kappa shape index (κ3) is 3.93. The number of likely N-dealkylation sites (tertiary alicyclic amines) is 1. The van der Waals surface area contributed by atoms with Crippen LogP contribution in [0.25, 0.3) is 5.76 Å². The highest BCUT2D eigenvalue weighted by molar-refractivity contribution is 6.46. The summed E-state index contributed by atoms with van der Waals surface area (Å²) in [5.41, 5.74) is 1.51. The summed E-state index contributed by atoms with van der Waals surface area (Å²) in [6.07, 6.45) is 0.745. The molecule has 1 fully saturated rings. The Hall–Kier alpha value is -2.92. The molecule has 0 aliphatic carbocycles. The third-order valence-electron chi connectivity index (χ3n) is 4.71. The van der Waals surface area contributed by atoms with Crippen molar-refractivity contribution in [2.45, 2.75) is 12.5 Å². The third-order valence-corrected chi connectivity index (χ3v) is 4.71. The number of aliphatic hydroxyl groups excluding tert-OH is 1. The van der Waals surface area contributed by atoms with Crippen LogP contribution >= 0.6 is 0 Å². The van der Waals surface area contributed by atoms with Crippen molar-refractivity contribution in [3.63, 3.8) is 0 Å². The number of ketones is 1. The lowest BCUT2D eigenvalue weighted by molar-refractivity contribution is -0.139. The molecule has 140 valence electrons. The zero-order valence-electron chi connectivity index (χ0n) is 15.6. The van der Waals surface area contributed by atoms with Crippen molar-refractivity contribution in [1.82, 2.24) is 9.80 Å². The van der Waals surface area contributed by atoms with E-state index in [0.29, 0.717) is 12.1 Å². The number of Topliss-reactive ketones (excluding diaryl/α,β-unsaturated/α-hetero) is 1. The van der Waals surface area contributed by atoms with E-state index >= 15 is 0 Å². The maximum Gasteiger partial charge on any atom is 0.295 e. The zero-order chi connectivity index (χ0) is 19.4. The van der Waals surface area contributed by atoms with Gasteiger partial charge in [-0.25, -0.2) is 0 Å². The monoisotopic (exact) mass is 364 g/mol. The Balaban J connectivity index is 2.05. The number of hydrogen-bond acceptors (Lipinski definition) is 4. The van der Waals surface area contributed by atoms with Crippen molar-refractivity contribution in [2.24, 2.45) is 0 Å². The van der Waals surface area contributed by atoms with Gasteiger partial charge in [-0.3, -0.25) is 9.59 Å². The Kier molecular flexibility index (Phi) is 5.72. The van der Waals surface area contributed by atoms with Crippen LogP contribution < -0.4 is 0 Å². The average molecular weight is 364 g/mol. The summed E-state index contributed by atoms with van der Waals surface area (Å²) in [7, 11) is 3.94. The molecule has 0 radical (unpaired) electrons. The van der Waals surface area contributed by atoms with E-state index in [1.165, 1.54) is 0 Å². The molecule has 0 unspecified atom stereocenters. The summed E-state index contributed by atoms with van der Waals surface area (Å²) in [6.45, 7) is 1.26. The highest BCUT2D eigenvalue weighted by atomic mass is 16.3. The first-order valence-corrected chi connectivity index (χ1v) is 9.04. The van der Waals surface area contributed by atoms with Crippen molar-refractivity contribution in [1.29, 1.82) is 0 Å². The Morgan fingerprint density at radius 2 is 1.59 bits per heavy atom. The van der Waals surface area contributed by atoms with E-state index in [2.05, 4.69) is 0 Å². The molecule has 0 saturated carbocycles. The van der Waals surface area contributed by atoms with E-state index in [-0.39, 0.29) is 11.3 Å². The molecule has 2 aromatic rings. The maximum atomic E-state index is 12.8. The molecule has 5 nitrogen and oxygen atoms in total. The molecule has 1 N–H and O–H groups in total. The SMILES string of the molecule is CN(C)CCCN1C(=O)C(=O)/C(=C(/O)c2ccccc2)[C@H]1c1ccccc1. The molecule has 1 aliphatic heterocycles. The van der Waals surface area contributed by atoms with Gasteiger partial charge in [-0.05, 0) is 32.6 Å². The van der Waals surface area contributed by atoms with Crippen LogP contribution in [0.1, 0.15) is 23.6 Å². The molecule has 1 saturated heterocycles. The van der Waals surface area contributed by atoms with Crippen molar-refractivity contribution in [2.75, 3.05) is 27.2 Å². The van der Waals surface area contributed by atoms with Gasteiger partial charge in [0.05, 0.1) is 11.6 Å². The lowest BCUT2D eigenvalue weighted by Crippen LogP contribution is -2.32. The average Bonchev–Trinajstić information content (AvgIpc) is 2.93. The number of nitrogens with zero attached hydrogens (tertiary/aromatic N) is 2. The van der Waals surface area contributed by atoms with Gasteiger partial charge in [0.1, 0.15) is 5.76 Å². The fourth-order valence-corrected chi connectivity index (χ4v) is 3.40. The second-order valence-corrected chi connectivity index (χ2v) is 6.93. The summed E-state index contributed by atoms with van der Waals surface area (Å²) in [5.74, 6) is -1.31. The molecule has 1 atom stereocenters. The van der Waals surface area contributed by atoms with Gasteiger partial charge in [0.25, 0.3) is 11.7 Å². The van der Waals surface area contributed by atoms with Gasteiger partial charge < -0.3 is 14.9 Å². The Morgan fingerprint density at radius 3 is 2.19 bits per heavy atom. The number of carbonyl (C=O) groups excluding carboxylic acids is 2. The summed E-state index contributed by atoms with van der Waals surface area (Å²) in [4.78, 5) is 29.1. The Bertz CT molecular complexity index is 844. The lowest BCUT2D eigenvalue weighted by atomic mass is 9.95. The van der Waals surface area contributed by atoms with E-state index in [4.69, 9.17) is 0 Å². The largest absolute Gasteiger partial charge is 0.507 e. The molecular formula is C22H24N2O3. The molecule has 1 heterocycles. The molecule has 27 heavy (non-hydrogen) atoms. The van der Waals surface area contributed by atoms with Crippen molar-refractivity contribution in [3.8, 4) is 0 Å². The Morgan fingerprint density at radius 1 is 1.00 bits per heavy atom. The fraction of sp³-hybridized carbons (Fsp3) is 0.273. The lowest BCUT2D eigenvalue weighted by Gasteiger charge is -2.26. The molecular weight excluding hydrogens is 340 g/mol. The molecule has 0 bridgehead atoms. The predicted molar refractivity (Wildman–Crippen MR) is 105 cm³/mol. The summed E-state index contributed by atoms with van der Waals surface area (Å²) in [5, 5.41) is 10.8. The number of rotatable bonds is 6. The minimum absolute atomic E-state index is 0.127. The van der Waals surface area contributed by atoms with E-state index < -0.39 is 17.7 Å². The quantitative estimate of drug-likeness (QED) is 0.486. The van der Waals surface area contributed by atoms with Crippen molar-refractivity contribution >= 4 is 17.4 Å². The maximum absolute atomic E-state index is 12.8. The molecule has 0 spiro atoms. The van der Waals surface area contributed by atoms with Crippen LogP contribution in [0.2, 0.25) is 0 Å². The van der Waals surface area contributed by atoms with E-state index in [1.54, 1.807) is 29.2 Å². The highest BCUT2D eigenvalue weighted by Crippen LogP contribution is 2.39. The number of benzene rings is 2. The van der Waals surface area contributed by atoms with Gasteiger partial charge in [-0.1, -0.05) is 60.7 Å². The van der Waals surface area contributed by atoms with Crippen LogP contribution in [0, 0.1) is 0 Å². The second kappa shape index (κ2) is 8.18. The van der Waals surface area contributed by atoms with Crippen LogP contribution in [0.15, 0.2) is 66.2 Å². The smallest absolute Gasteiger partial charge is 0.295 e. The molecule has 1 aliphatic rings. The number of hydrogen-bond donors (Lipinski definition) is 1. The summed E-state index contributed by atoms with van der Waals surface area (Å²) in [6, 6.07) is 17.7. The van der Waals surface area contributed by atoms with Crippen LogP contribution in [0.5, 0.6) is 0 Å². The van der Waals surface area contributed by atoms with Crippen LogP contribution in [0.3, 0.4) is 0 Å². The molecule has 0 aromatic heterocycles. The predicted octanol–water partition coefficient (Wildman–Crippen LogP) is 3.06. The Labute approximate surface area is 159 Å². The minimum atomic E-state index is -0.630. The first kappa shape index (κ1) is 18.9. The van der Waals surface area contributed by atoms with Crippen LogP contribution in [-0.2, 0) is 9.59 Å². The topological polar surface area (TPSA) is 60.9 Å². The van der Waals surface area contributed by atoms with Crippen molar-refractivity contribution in [3.05, 3.63) is 77.4 Å².